The highest BCUT2D eigenvalue weighted by atomic mass is 16.2. The zero-order valence-corrected chi connectivity index (χ0v) is 12.7. The summed E-state index contributed by atoms with van der Waals surface area (Å²) in [5.74, 6) is 0.130. The Morgan fingerprint density at radius 2 is 1.95 bits per heavy atom. The molecule has 0 saturated carbocycles. The predicted molar refractivity (Wildman–Crippen MR) is 86.8 cm³/mol. The number of rotatable bonds is 1. The molecule has 1 N–H and O–H groups in total. The predicted octanol–water partition coefficient (Wildman–Crippen LogP) is 2.45. The molecule has 0 atom stereocenters. The van der Waals surface area contributed by atoms with Gasteiger partial charge in [0, 0.05) is 31.2 Å². The summed E-state index contributed by atoms with van der Waals surface area (Å²) in [7, 11) is 0. The molecule has 2 aliphatic rings. The van der Waals surface area contributed by atoms with Crippen molar-refractivity contribution in [3.8, 4) is 0 Å². The van der Waals surface area contributed by atoms with Crippen molar-refractivity contribution in [3.63, 3.8) is 0 Å². The summed E-state index contributed by atoms with van der Waals surface area (Å²) >= 11 is 0. The van der Waals surface area contributed by atoms with Crippen LogP contribution in [0.5, 0.6) is 0 Å². The Kier molecular flexibility index (Phi) is 3.34. The number of fused-ring (bicyclic) bond motifs is 1. The summed E-state index contributed by atoms with van der Waals surface area (Å²) in [6.45, 7) is 3.97. The van der Waals surface area contributed by atoms with Crippen molar-refractivity contribution in [3.05, 3.63) is 42.1 Å². The number of nitrogens with zero attached hydrogens (tertiary/aromatic N) is 2. The lowest BCUT2D eigenvalue weighted by atomic mass is 9.78. The fourth-order valence-corrected chi connectivity index (χ4v) is 3.85. The molecule has 0 bridgehead atoms. The number of hydrogen-bond acceptors (Lipinski definition) is 3. The number of aromatic nitrogens is 1. The fraction of sp³-hybridized carbons (Fsp3) is 0.444. The molecular formula is C18H21N3O. The SMILES string of the molecule is O=C(c1cccc2cccnc12)N1CCC2(CCNC2)CC1. The molecule has 2 aromatic rings. The van der Waals surface area contributed by atoms with Crippen LogP contribution < -0.4 is 5.32 Å². The molecule has 4 nitrogen and oxygen atoms in total. The molecule has 2 fully saturated rings. The third kappa shape index (κ3) is 2.28. The molecule has 1 spiro atoms. The van der Waals surface area contributed by atoms with Gasteiger partial charge in [0.15, 0.2) is 0 Å². The highest BCUT2D eigenvalue weighted by Gasteiger charge is 2.38. The van der Waals surface area contributed by atoms with Crippen LogP contribution in [0, 0.1) is 5.41 Å². The molecule has 4 rings (SSSR count). The van der Waals surface area contributed by atoms with Crippen LogP contribution in [0.2, 0.25) is 0 Å². The lowest BCUT2D eigenvalue weighted by Crippen LogP contribution is -2.44. The highest BCUT2D eigenvalue weighted by Crippen LogP contribution is 2.37. The van der Waals surface area contributed by atoms with E-state index in [0.717, 1.165) is 55.5 Å². The maximum absolute atomic E-state index is 12.9. The minimum atomic E-state index is 0.130. The van der Waals surface area contributed by atoms with E-state index in [0.29, 0.717) is 5.41 Å². The van der Waals surface area contributed by atoms with Gasteiger partial charge in [-0.15, -0.1) is 0 Å². The maximum atomic E-state index is 12.9. The van der Waals surface area contributed by atoms with Gasteiger partial charge >= 0.3 is 0 Å². The molecule has 114 valence electrons. The van der Waals surface area contributed by atoms with Crippen LogP contribution in [0.1, 0.15) is 29.6 Å². The van der Waals surface area contributed by atoms with E-state index in [9.17, 15) is 4.79 Å². The number of pyridine rings is 1. The quantitative estimate of drug-likeness (QED) is 0.879. The van der Waals surface area contributed by atoms with Gasteiger partial charge in [0.2, 0.25) is 0 Å². The molecule has 22 heavy (non-hydrogen) atoms. The molecule has 1 aromatic carbocycles. The molecule has 1 aromatic heterocycles. The first-order chi connectivity index (χ1) is 10.8. The van der Waals surface area contributed by atoms with Gasteiger partial charge in [-0.3, -0.25) is 9.78 Å². The normalized spacial score (nSPS) is 20.6. The van der Waals surface area contributed by atoms with E-state index >= 15 is 0 Å². The van der Waals surface area contributed by atoms with Crippen LogP contribution in [0.25, 0.3) is 10.9 Å². The molecule has 0 radical (unpaired) electrons. The van der Waals surface area contributed by atoms with Gasteiger partial charge in [-0.05, 0) is 43.4 Å². The lowest BCUT2D eigenvalue weighted by molar-refractivity contribution is 0.0609. The van der Waals surface area contributed by atoms with Crippen LogP contribution in [0.4, 0.5) is 0 Å². The first-order valence-corrected chi connectivity index (χ1v) is 8.11. The minimum absolute atomic E-state index is 0.130. The van der Waals surface area contributed by atoms with Crippen LogP contribution >= 0.6 is 0 Å². The average molecular weight is 295 g/mol. The van der Waals surface area contributed by atoms with Gasteiger partial charge < -0.3 is 10.2 Å². The van der Waals surface area contributed by atoms with Crippen molar-refractivity contribution >= 4 is 16.8 Å². The maximum Gasteiger partial charge on any atom is 0.256 e. The van der Waals surface area contributed by atoms with E-state index in [1.807, 2.05) is 35.2 Å². The number of piperidine rings is 1. The smallest absolute Gasteiger partial charge is 0.256 e. The van der Waals surface area contributed by atoms with Crippen molar-refractivity contribution in [2.45, 2.75) is 19.3 Å². The zero-order valence-electron chi connectivity index (χ0n) is 12.7. The standard InChI is InChI=1S/C18H21N3O/c22-17(15-5-1-3-14-4-2-9-20-16(14)15)21-11-7-18(8-12-21)6-10-19-13-18/h1-5,9,19H,6-8,10-13H2. The summed E-state index contributed by atoms with van der Waals surface area (Å²) in [5.41, 5.74) is 1.99. The Morgan fingerprint density at radius 3 is 2.73 bits per heavy atom. The van der Waals surface area contributed by atoms with Crippen LogP contribution in [0.3, 0.4) is 0 Å². The molecule has 3 heterocycles. The monoisotopic (exact) mass is 295 g/mol. The van der Waals surface area contributed by atoms with E-state index in [-0.39, 0.29) is 5.91 Å². The van der Waals surface area contributed by atoms with Crippen LogP contribution in [-0.4, -0.2) is 42.0 Å². The Bertz CT molecular complexity index is 691. The Labute approximate surface area is 130 Å². The Morgan fingerprint density at radius 1 is 1.14 bits per heavy atom. The van der Waals surface area contributed by atoms with Crippen molar-refractivity contribution in [1.29, 1.82) is 0 Å². The van der Waals surface area contributed by atoms with Crippen molar-refractivity contribution < 1.29 is 4.79 Å². The number of nitrogens with one attached hydrogen (secondary N) is 1. The Balaban J connectivity index is 1.57. The first-order valence-electron chi connectivity index (χ1n) is 8.11. The largest absolute Gasteiger partial charge is 0.339 e. The third-order valence-corrected chi connectivity index (χ3v) is 5.31. The number of hydrogen-bond donors (Lipinski definition) is 1. The number of para-hydroxylation sites is 1. The lowest BCUT2D eigenvalue weighted by Gasteiger charge is -2.39. The second-order valence-electron chi connectivity index (χ2n) is 6.60. The summed E-state index contributed by atoms with van der Waals surface area (Å²) in [5, 5.41) is 4.50. The highest BCUT2D eigenvalue weighted by molar-refractivity contribution is 6.05. The summed E-state index contributed by atoms with van der Waals surface area (Å²) < 4.78 is 0. The molecule has 2 saturated heterocycles. The summed E-state index contributed by atoms with van der Waals surface area (Å²) in [4.78, 5) is 19.3. The van der Waals surface area contributed by atoms with Gasteiger partial charge in [0.25, 0.3) is 5.91 Å². The number of carbonyl (C=O) groups excluding carboxylic acids is 1. The second-order valence-corrected chi connectivity index (χ2v) is 6.60. The van der Waals surface area contributed by atoms with E-state index in [1.165, 1.54) is 6.42 Å². The van der Waals surface area contributed by atoms with Crippen molar-refractivity contribution in [2.75, 3.05) is 26.2 Å². The van der Waals surface area contributed by atoms with E-state index < -0.39 is 0 Å². The zero-order chi connectivity index (χ0) is 15.0. The van der Waals surface area contributed by atoms with Gasteiger partial charge in [-0.2, -0.15) is 0 Å². The number of benzene rings is 1. The molecule has 0 unspecified atom stereocenters. The number of carbonyl (C=O) groups is 1. The van der Waals surface area contributed by atoms with E-state index in [1.54, 1.807) is 6.20 Å². The number of likely N-dealkylation sites (tertiary alicyclic amines) is 1. The van der Waals surface area contributed by atoms with Crippen molar-refractivity contribution in [2.24, 2.45) is 5.41 Å². The molecule has 2 aliphatic heterocycles. The number of amides is 1. The molecular weight excluding hydrogens is 274 g/mol. The van der Waals surface area contributed by atoms with Gasteiger partial charge in [0.05, 0.1) is 11.1 Å². The van der Waals surface area contributed by atoms with Gasteiger partial charge in [-0.25, -0.2) is 0 Å². The fourth-order valence-electron chi connectivity index (χ4n) is 3.85. The third-order valence-electron chi connectivity index (χ3n) is 5.31. The van der Waals surface area contributed by atoms with Crippen LogP contribution in [0.15, 0.2) is 36.5 Å². The summed E-state index contributed by atoms with van der Waals surface area (Å²) in [6.07, 6.45) is 5.24. The average Bonchev–Trinajstić information content (AvgIpc) is 3.02. The Hall–Kier alpha value is -1.94. The van der Waals surface area contributed by atoms with Gasteiger partial charge in [-0.1, -0.05) is 18.2 Å². The van der Waals surface area contributed by atoms with E-state index in [2.05, 4.69) is 10.3 Å². The van der Waals surface area contributed by atoms with Gasteiger partial charge in [0.1, 0.15) is 0 Å². The van der Waals surface area contributed by atoms with Crippen LogP contribution in [-0.2, 0) is 0 Å². The molecule has 0 aliphatic carbocycles. The molecule has 4 heteroatoms. The minimum Gasteiger partial charge on any atom is -0.339 e. The summed E-state index contributed by atoms with van der Waals surface area (Å²) in [6, 6.07) is 9.78. The van der Waals surface area contributed by atoms with Crippen molar-refractivity contribution in [1.82, 2.24) is 15.2 Å². The molecule has 1 amide bonds. The van der Waals surface area contributed by atoms with E-state index in [4.69, 9.17) is 0 Å². The topological polar surface area (TPSA) is 45.2 Å². The first kappa shape index (κ1) is 13.7. The second kappa shape index (κ2) is 5.36.